The van der Waals surface area contributed by atoms with Gasteiger partial charge < -0.3 is 20.1 Å². The molecule has 114 valence electrons. The van der Waals surface area contributed by atoms with Gasteiger partial charge in [0.2, 0.25) is 6.10 Å². The summed E-state index contributed by atoms with van der Waals surface area (Å²) >= 11 is 1.28. The molecule has 0 unspecified atom stereocenters. The summed E-state index contributed by atoms with van der Waals surface area (Å²) in [7, 11) is 1.54. The number of rotatable bonds is 3. The Morgan fingerprint density at radius 3 is 2.77 bits per heavy atom. The van der Waals surface area contributed by atoms with Crippen LogP contribution in [0.1, 0.15) is 10.4 Å². The van der Waals surface area contributed by atoms with Crippen LogP contribution in [0.15, 0.2) is 35.7 Å². The van der Waals surface area contributed by atoms with Crippen LogP contribution in [0, 0.1) is 0 Å². The highest BCUT2D eigenvalue weighted by atomic mass is 32.1. The Kier molecular flexibility index (Phi) is 3.97. The normalized spacial score (nSPS) is 16.0. The smallest absolute Gasteiger partial charge is 0.269 e. The number of fused-ring (bicyclic) bond motifs is 1. The van der Waals surface area contributed by atoms with Gasteiger partial charge in [-0.25, -0.2) is 0 Å². The Bertz CT molecular complexity index is 713. The minimum absolute atomic E-state index is 0.129. The summed E-state index contributed by atoms with van der Waals surface area (Å²) in [5, 5.41) is 7.49. The summed E-state index contributed by atoms with van der Waals surface area (Å²) in [5.41, 5.74) is 0.429. The van der Waals surface area contributed by atoms with Crippen LogP contribution in [0.3, 0.4) is 0 Å². The molecule has 0 saturated carbocycles. The van der Waals surface area contributed by atoms with Gasteiger partial charge in [0.1, 0.15) is 11.6 Å². The van der Waals surface area contributed by atoms with Gasteiger partial charge in [0.25, 0.3) is 11.8 Å². The molecule has 1 aromatic heterocycles. The van der Waals surface area contributed by atoms with Gasteiger partial charge in [-0.3, -0.25) is 9.59 Å². The molecular weight excluding hydrogens is 304 g/mol. The van der Waals surface area contributed by atoms with E-state index in [9.17, 15) is 9.59 Å². The number of carbonyl (C=O) groups excluding carboxylic acids is 2. The van der Waals surface area contributed by atoms with Crippen LogP contribution in [0.2, 0.25) is 0 Å². The first-order valence-corrected chi connectivity index (χ1v) is 7.56. The van der Waals surface area contributed by atoms with Crippen LogP contribution in [0.25, 0.3) is 0 Å². The molecule has 1 atom stereocenters. The molecule has 7 heteroatoms. The van der Waals surface area contributed by atoms with Crippen molar-refractivity contribution in [1.82, 2.24) is 5.32 Å². The molecule has 6 nitrogen and oxygen atoms in total. The van der Waals surface area contributed by atoms with Gasteiger partial charge in [-0.15, -0.1) is 11.3 Å². The molecular formula is C15H14N2O4S. The first-order valence-electron chi connectivity index (χ1n) is 6.68. The topological polar surface area (TPSA) is 76.7 Å². The number of hydrogen-bond donors (Lipinski definition) is 2. The lowest BCUT2D eigenvalue weighted by atomic mass is 10.2. The maximum absolute atomic E-state index is 12.3. The molecule has 2 amide bonds. The summed E-state index contributed by atoms with van der Waals surface area (Å²) in [6, 6.07) is 8.84. The summed E-state index contributed by atoms with van der Waals surface area (Å²) in [6.45, 7) is 0.129. The second kappa shape index (κ2) is 6.07. The third-order valence-corrected chi connectivity index (χ3v) is 4.00. The van der Waals surface area contributed by atoms with E-state index in [-0.39, 0.29) is 18.4 Å². The Hall–Kier alpha value is -2.54. The molecule has 1 aromatic carbocycles. The molecule has 2 N–H and O–H groups in total. The van der Waals surface area contributed by atoms with Gasteiger partial charge in [-0.05, 0) is 23.6 Å². The number of amides is 2. The minimum atomic E-state index is -0.755. The maximum Gasteiger partial charge on any atom is 0.269 e. The van der Waals surface area contributed by atoms with Crippen molar-refractivity contribution in [1.29, 1.82) is 0 Å². The number of hydrogen-bond acceptors (Lipinski definition) is 5. The summed E-state index contributed by atoms with van der Waals surface area (Å²) < 4.78 is 11.1. The van der Waals surface area contributed by atoms with E-state index in [0.29, 0.717) is 22.1 Å². The first-order chi connectivity index (χ1) is 10.7. The second-order valence-electron chi connectivity index (χ2n) is 4.60. The molecule has 2 aromatic rings. The van der Waals surface area contributed by atoms with E-state index in [0.717, 1.165) is 0 Å². The lowest BCUT2D eigenvalue weighted by Gasteiger charge is -2.25. The van der Waals surface area contributed by atoms with Crippen molar-refractivity contribution < 1.29 is 19.1 Å². The van der Waals surface area contributed by atoms with Gasteiger partial charge in [0.15, 0.2) is 11.5 Å². The average Bonchev–Trinajstić information content (AvgIpc) is 3.01. The molecule has 0 bridgehead atoms. The van der Waals surface area contributed by atoms with Gasteiger partial charge in [0.05, 0.1) is 5.56 Å². The molecule has 1 aliphatic rings. The van der Waals surface area contributed by atoms with Crippen molar-refractivity contribution in [2.75, 3.05) is 19.0 Å². The van der Waals surface area contributed by atoms with E-state index in [1.54, 1.807) is 30.6 Å². The van der Waals surface area contributed by atoms with Crippen LogP contribution in [0.5, 0.6) is 11.5 Å². The lowest BCUT2D eigenvalue weighted by molar-refractivity contribution is -0.125. The van der Waals surface area contributed by atoms with Gasteiger partial charge in [0, 0.05) is 7.05 Å². The summed E-state index contributed by atoms with van der Waals surface area (Å²) in [6.07, 6.45) is -0.755. The summed E-state index contributed by atoms with van der Waals surface area (Å²) in [5.74, 6) is 0.560. The maximum atomic E-state index is 12.3. The second-order valence-corrected chi connectivity index (χ2v) is 5.51. The van der Waals surface area contributed by atoms with Crippen LogP contribution in [-0.2, 0) is 4.79 Å². The molecule has 0 radical (unpaired) electrons. The number of ether oxygens (including phenoxy) is 2. The highest BCUT2D eigenvalue weighted by Crippen LogP contribution is 2.31. The highest BCUT2D eigenvalue weighted by Gasteiger charge is 2.28. The van der Waals surface area contributed by atoms with E-state index < -0.39 is 6.10 Å². The van der Waals surface area contributed by atoms with Gasteiger partial charge in [-0.2, -0.15) is 0 Å². The number of thiophene rings is 1. The zero-order valence-corrected chi connectivity index (χ0v) is 12.6. The Morgan fingerprint density at radius 2 is 2.00 bits per heavy atom. The Labute approximate surface area is 131 Å². The van der Waals surface area contributed by atoms with Crippen LogP contribution < -0.4 is 20.1 Å². The van der Waals surface area contributed by atoms with E-state index in [1.165, 1.54) is 11.3 Å². The molecule has 3 rings (SSSR count). The average molecular weight is 318 g/mol. The minimum Gasteiger partial charge on any atom is -0.485 e. The fraction of sp³-hybridized carbons (Fsp3) is 0.200. The quantitative estimate of drug-likeness (QED) is 0.906. The predicted molar refractivity (Wildman–Crippen MR) is 82.7 cm³/mol. The third kappa shape index (κ3) is 2.75. The zero-order chi connectivity index (χ0) is 15.5. The van der Waals surface area contributed by atoms with Crippen molar-refractivity contribution >= 4 is 28.2 Å². The molecule has 0 saturated heterocycles. The molecule has 22 heavy (non-hydrogen) atoms. The number of anilines is 1. The van der Waals surface area contributed by atoms with E-state index in [2.05, 4.69) is 10.6 Å². The molecule has 0 aliphatic carbocycles. The number of carbonyl (C=O) groups is 2. The van der Waals surface area contributed by atoms with E-state index in [1.807, 2.05) is 12.1 Å². The molecule has 1 aliphatic heterocycles. The fourth-order valence-electron chi connectivity index (χ4n) is 2.06. The number of benzene rings is 1. The Balaban J connectivity index is 1.71. The van der Waals surface area contributed by atoms with Crippen molar-refractivity contribution in [2.24, 2.45) is 0 Å². The molecule has 2 heterocycles. The predicted octanol–water partition coefficient (Wildman–Crippen LogP) is 1.89. The third-order valence-electron chi connectivity index (χ3n) is 3.17. The van der Waals surface area contributed by atoms with Gasteiger partial charge in [-0.1, -0.05) is 12.1 Å². The number of para-hydroxylation sites is 2. The van der Waals surface area contributed by atoms with Gasteiger partial charge >= 0.3 is 0 Å². The van der Waals surface area contributed by atoms with E-state index >= 15 is 0 Å². The first kappa shape index (κ1) is 14.4. The van der Waals surface area contributed by atoms with Crippen molar-refractivity contribution in [3.63, 3.8) is 0 Å². The number of nitrogens with one attached hydrogen (secondary N) is 2. The van der Waals surface area contributed by atoms with Crippen LogP contribution in [0.4, 0.5) is 5.00 Å². The fourth-order valence-corrected chi connectivity index (χ4v) is 2.85. The standard InChI is InChI=1S/C15H14N2O4S/c1-16-13(18)9-6-7-22-15(9)17-14(19)12-8-20-10-4-2-3-5-11(10)21-12/h2-7,12H,8H2,1H3,(H,16,18)(H,17,19)/t12-/m1/s1. The largest absolute Gasteiger partial charge is 0.485 e. The van der Waals surface area contributed by atoms with Crippen molar-refractivity contribution in [2.45, 2.75) is 6.10 Å². The SMILES string of the molecule is CNC(=O)c1ccsc1NC(=O)[C@H]1COc2ccccc2O1. The van der Waals surface area contributed by atoms with E-state index in [4.69, 9.17) is 9.47 Å². The molecule has 0 fully saturated rings. The monoisotopic (exact) mass is 318 g/mol. The van der Waals surface area contributed by atoms with Crippen LogP contribution >= 0.6 is 11.3 Å². The summed E-state index contributed by atoms with van der Waals surface area (Å²) in [4.78, 5) is 24.0. The molecule has 0 spiro atoms. The van der Waals surface area contributed by atoms with Crippen LogP contribution in [-0.4, -0.2) is 31.6 Å². The zero-order valence-electron chi connectivity index (χ0n) is 11.8. The van der Waals surface area contributed by atoms with Crippen molar-refractivity contribution in [3.8, 4) is 11.5 Å². The van der Waals surface area contributed by atoms with Crippen molar-refractivity contribution in [3.05, 3.63) is 41.3 Å². The lowest BCUT2D eigenvalue weighted by Crippen LogP contribution is -2.40. The Morgan fingerprint density at radius 1 is 1.23 bits per heavy atom. The highest BCUT2D eigenvalue weighted by molar-refractivity contribution is 7.14.